The minimum atomic E-state index is -3.45. The van der Waals surface area contributed by atoms with Crippen molar-refractivity contribution >= 4 is 27.3 Å². The molecule has 1 N–H and O–H groups in total. The summed E-state index contributed by atoms with van der Waals surface area (Å²) in [5.41, 5.74) is 1.99. The van der Waals surface area contributed by atoms with Crippen LogP contribution in [-0.4, -0.2) is 55.7 Å². The van der Waals surface area contributed by atoms with Gasteiger partial charge in [-0.15, -0.1) is 11.3 Å². The standard InChI is InChI=1S/C21H30N4O3S2/c1-15(17-5-7-20(8-6-17)30(27,28)24(3)4)22-21(26)18-9-11-25(12-10-18)13-19-14-29-16(2)23-19/h5-8,14-15,18H,9-13H2,1-4H3,(H,22,26). The first kappa shape index (κ1) is 22.9. The van der Waals surface area contributed by atoms with Gasteiger partial charge in [-0.25, -0.2) is 17.7 Å². The van der Waals surface area contributed by atoms with Crippen LogP contribution in [-0.2, 0) is 21.4 Å². The zero-order chi connectivity index (χ0) is 21.9. The summed E-state index contributed by atoms with van der Waals surface area (Å²) in [5, 5.41) is 6.27. The first-order valence-corrected chi connectivity index (χ1v) is 12.4. The topological polar surface area (TPSA) is 82.6 Å². The Labute approximate surface area is 183 Å². The molecule has 1 atom stereocenters. The molecule has 2 aromatic rings. The molecule has 1 aliphatic rings. The molecule has 1 aliphatic heterocycles. The number of carbonyl (C=O) groups excluding carboxylic acids is 1. The highest BCUT2D eigenvalue weighted by molar-refractivity contribution is 7.89. The van der Waals surface area contributed by atoms with Crippen LogP contribution in [0.2, 0.25) is 0 Å². The molecule has 0 bridgehead atoms. The number of sulfonamides is 1. The highest BCUT2D eigenvalue weighted by Gasteiger charge is 2.26. The molecule has 2 heterocycles. The number of benzene rings is 1. The molecule has 1 unspecified atom stereocenters. The monoisotopic (exact) mass is 450 g/mol. The van der Waals surface area contributed by atoms with Crippen LogP contribution in [0.15, 0.2) is 34.5 Å². The average molecular weight is 451 g/mol. The Morgan fingerprint density at radius 1 is 1.27 bits per heavy atom. The molecule has 1 aromatic heterocycles. The van der Waals surface area contributed by atoms with Crippen molar-refractivity contribution in [2.75, 3.05) is 27.2 Å². The quantitative estimate of drug-likeness (QED) is 0.701. The molecule has 1 aromatic carbocycles. The number of nitrogens with zero attached hydrogens (tertiary/aromatic N) is 3. The van der Waals surface area contributed by atoms with Crippen molar-refractivity contribution in [1.82, 2.24) is 19.5 Å². The number of hydrogen-bond donors (Lipinski definition) is 1. The zero-order valence-corrected chi connectivity index (χ0v) is 19.6. The highest BCUT2D eigenvalue weighted by atomic mass is 32.2. The Morgan fingerprint density at radius 2 is 1.90 bits per heavy atom. The van der Waals surface area contributed by atoms with Gasteiger partial charge in [-0.1, -0.05) is 12.1 Å². The van der Waals surface area contributed by atoms with Gasteiger partial charge >= 0.3 is 0 Å². The fourth-order valence-electron chi connectivity index (χ4n) is 3.62. The minimum Gasteiger partial charge on any atom is -0.349 e. The molecule has 0 radical (unpaired) electrons. The van der Waals surface area contributed by atoms with Crippen molar-refractivity contribution in [3.8, 4) is 0 Å². The lowest BCUT2D eigenvalue weighted by atomic mass is 9.95. The van der Waals surface area contributed by atoms with Crippen molar-refractivity contribution in [2.45, 2.75) is 44.2 Å². The summed E-state index contributed by atoms with van der Waals surface area (Å²) >= 11 is 1.67. The minimum absolute atomic E-state index is 0.00858. The van der Waals surface area contributed by atoms with Gasteiger partial charge in [0.2, 0.25) is 15.9 Å². The number of thiazole rings is 1. The van der Waals surface area contributed by atoms with E-state index in [2.05, 4.69) is 20.6 Å². The number of nitrogens with one attached hydrogen (secondary N) is 1. The van der Waals surface area contributed by atoms with Crippen LogP contribution in [0.4, 0.5) is 0 Å². The molecule has 0 spiro atoms. The Bertz CT molecular complexity index is 962. The van der Waals surface area contributed by atoms with Gasteiger partial charge in [-0.3, -0.25) is 9.69 Å². The van der Waals surface area contributed by atoms with Crippen molar-refractivity contribution in [2.24, 2.45) is 5.92 Å². The third-order valence-corrected chi connectivity index (χ3v) is 8.18. The Morgan fingerprint density at radius 3 is 2.43 bits per heavy atom. The molecule has 30 heavy (non-hydrogen) atoms. The molecule has 0 saturated carbocycles. The van der Waals surface area contributed by atoms with Crippen LogP contribution in [0.3, 0.4) is 0 Å². The van der Waals surface area contributed by atoms with Gasteiger partial charge in [0, 0.05) is 31.9 Å². The van der Waals surface area contributed by atoms with Crippen LogP contribution in [0, 0.1) is 12.8 Å². The molecule has 7 nitrogen and oxygen atoms in total. The lowest BCUT2D eigenvalue weighted by Gasteiger charge is -2.31. The summed E-state index contributed by atoms with van der Waals surface area (Å²) in [6, 6.07) is 6.53. The molecule has 9 heteroatoms. The second kappa shape index (κ2) is 9.55. The third-order valence-electron chi connectivity index (χ3n) is 5.53. The lowest BCUT2D eigenvalue weighted by Crippen LogP contribution is -2.40. The van der Waals surface area contributed by atoms with Gasteiger partial charge in [0.15, 0.2) is 0 Å². The third kappa shape index (κ3) is 5.46. The molecule has 164 valence electrons. The Hall–Kier alpha value is -1.81. The van der Waals surface area contributed by atoms with E-state index >= 15 is 0 Å². The second-order valence-corrected chi connectivity index (χ2v) is 11.2. The lowest BCUT2D eigenvalue weighted by molar-refractivity contribution is -0.127. The van der Waals surface area contributed by atoms with Crippen LogP contribution in [0.1, 0.15) is 42.1 Å². The predicted molar refractivity (Wildman–Crippen MR) is 119 cm³/mol. The average Bonchev–Trinajstić information content (AvgIpc) is 3.13. The van der Waals surface area contributed by atoms with E-state index in [-0.39, 0.29) is 22.8 Å². The number of likely N-dealkylation sites (tertiary alicyclic amines) is 1. The van der Waals surface area contributed by atoms with Crippen molar-refractivity contribution in [1.29, 1.82) is 0 Å². The number of piperidine rings is 1. The molecule has 3 rings (SSSR count). The van der Waals surface area contributed by atoms with Crippen LogP contribution in [0.5, 0.6) is 0 Å². The second-order valence-electron chi connectivity index (χ2n) is 8.00. The van der Waals surface area contributed by atoms with Gasteiger partial charge in [0.1, 0.15) is 0 Å². The first-order valence-electron chi connectivity index (χ1n) is 10.1. The predicted octanol–water partition coefficient (Wildman–Crippen LogP) is 2.79. The number of hydrogen-bond acceptors (Lipinski definition) is 6. The van der Waals surface area contributed by atoms with Gasteiger partial charge in [0.05, 0.1) is 21.6 Å². The summed E-state index contributed by atoms with van der Waals surface area (Å²) in [6.07, 6.45) is 1.67. The number of aryl methyl sites for hydroxylation is 1. The normalized spacial score (nSPS) is 17.2. The summed E-state index contributed by atoms with van der Waals surface area (Å²) in [7, 11) is -0.430. The van der Waals surface area contributed by atoms with Crippen molar-refractivity contribution < 1.29 is 13.2 Å². The van der Waals surface area contributed by atoms with E-state index in [9.17, 15) is 13.2 Å². The summed E-state index contributed by atoms with van der Waals surface area (Å²) in [4.78, 5) is 19.8. The van der Waals surface area contributed by atoms with Gasteiger partial charge in [0.25, 0.3) is 0 Å². The molecule has 0 aliphatic carbocycles. The van der Waals surface area contributed by atoms with Crippen LogP contribution < -0.4 is 5.32 Å². The van der Waals surface area contributed by atoms with E-state index in [1.807, 2.05) is 13.8 Å². The molecule has 1 amide bonds. The zero-order valence-electron chi connectivity index (χ0n) is 18.0. The van der Waals surface area contributed by atoms with E-state index in [1.54, 1.807) is 35.6 Å². The summed E-state index contributed by atoms with van der Waals surface area (Å²) in [6.45, 7) is 6.56. The van der Waals surface area contributed by atoms with Gasteiger partial charge in [-0.2, -0.15) is 0 Å². The number of carbonyl (C=O) groups is 1. The van der Waals surface area contributed by atoms with Crippen molar-refractivity contribution in [3.05, 3.63) is 45.9 Å². The van der Waals surface area contributed by atoms with Crippen LogP contribution in [0.25, 0.3) is 0 Å². The maximum atomic E-state index is 12.7. The number of amides is 1. The highest BCUT2D eigenvalue weighted by Crippen LogP contribution is 2.22. The molecule has 1 saturated heterocycles. The van der Waals surface area contributed by atoms with Gasteiger partial charge in [-0.05, 0) is 57.5 Å². The van der Waals surface area contributed by atoms with Gasteiger partial charge < -0.3 is 5.32 Å². The fraction of sp³-hybridized carbons (Fsp3) is 0.524. The largest absolute Gasteiger partial charge is 0.349 e. The number of rotatable bonds is 7. The van der Waals surface area contributed by atoms with E-state index < -0.39 is 10.0 Å². The molecular formula is C21H30N4O3S2. The van der Waals surface area contributed by atoms with E-state index in [4.69, 9.17) is 0 Å². The summed E-state index contributed by atoms with van der Waals surface area (Å²) < 4.78 is 25.6. The first-order chi connectivity index (χ1) is 14.2. The van der Waals surface area contributed by atoms with E-state index in [1.165, 1.54) is 18.4 Å². The fourth-order valence-corrected chi connectivity index (χ4v) is 5.12. The number of aromatic nitrogens is 1. The maximum Gasteiger partial charge on any atom is 0.242 e. The Kier molecular flexibility index (Phi) is 7.28. The maximum absolute atomic E-state index is 12.7. The molecular weight excluding hydrogens is 420 g/mol. The van der Waals surface area contributed by atoms with E-state index in [0.717, 1.165) is 48.7 Å². The molecule has 1 fully saturated rings. The SMILES string of the molecule is Cc1nc(CN2CCC(C(=O)NC(C)c3ccc(S(=O)(=O)N(C)C)cc3)CC2)cs1. The van der Waals surface area contributed by atoms with Crippen molar-refractivity contribution in [3.63, 3.8) is 0 Å². The summed E-state index contributed by atoms with van der Waals surface area (Å²) in [5.74, 6) is 0.0749. The van der Waals surface area contributed by atoms with E-state index in [0.29, 0.717) is 0 Å². The Balaban J connectivity index is 1.51. The van der Waals surface area contributed by atoms with Crippen LogP contribution >= 0.6 is 11.3 Å². The smallest absolute Gasteiger partial charge is 0.242 e.